The van der Waals surface area contributed by atoms with Crippen molar-refractivity contribution in [3.05, 3.63) is 77.1 Å². The number of amides is 1. The number of nitrogens with zero attached hydrogens (tertiary/aromatic N) is 1. The van der Waals surface area contributed by atoms with Gasteiger partial charge in [-0.1, -0.05) is 56.3 Å². The van der Waals surface area contributed by atoms with Crippen LogP contribution in [0.1, 0.15) is 37.4 Å². The molecule has 1 unspecified atom stereocenters. The van der Waals surface area contributed by atoms with Gasteiger partial charge >= 0.3 is 0 Å². The van der Waals surface area contributed by atoms with Crippen molar-refractivity contribution in [2.45, 2.75) is 32.9 Å². The van der Waals surface area contributed by atoms with E-state index in [2.05, 4.69) is 0 Å². The standard InChI is InChI=1S/C22H23NO4/c1-14(2)11-18(25)19-20(16-9-6-10-17(24)12-16)23(22(27)21(19)26)13-15-7-4-3-5-8-15/h3-10,12,14,20,24,26H,11,13H2,1-2H3. The summed E-state index contributed by atoms with van der Waals surface area (Å²) in [6.07, 6.45) is 0.237. The molecule has 1 aliphatic heterocycles. The molecule has 1 heterocycles. The molecule has 2 aromatic carbocycles. The summed E-state index contributed by atoms with van der Waals surface area (Å²) in [7, 11) is 0. The van der Waals surface area contributed by atoms with Crippen LogP contribution in [-0.2, 0) is 16.1 Å². The monoisotopic (exact) mass is 365 g/mol. The summed E-state index contributed by atoms with van der Waals surface area (Å²) in [6.45, 7) is 4.08. The zero-order chi connectivity index (χ0) is 19.6. The second-order valence-electron chi connectivity index (χ2n) is 7.20. The van der Waals surface area contributed by atoms with Crippen molar-refractivity contribution in [3.8, 4) is 5.75 Å². The summed E-state index contributed by atoms with van der Waals surface area (Å²) < 4.78 is 0. The van der Waals surface area contributed by atoms with E-state index in [1.165, 1.54) is 17.0 Å². The number of ketones is 1. The van der Waals surface area contributed by atoms with Crippen LogP contribution in [-0.4, -0.2) is 26.8 Å². The van der Waals surface area contributed by atoms with Crippen LogP contribution in [0.4, 0.5) is 0 Å². The molecule has 3 rings (SSSR count). The highest BCUT2D eigenvalue weighted by atomic mass is 16.3. The quantitative estimate of drug-likeness (QED) is 0.814. The van der Waals surface area contributed by atoms with Crippen LogP contribution in [0, 0.1) is 5.92 Å². The maximum atomic E-state index is 12.8. The van der Waals surface area contributed by atoms with Crippen LogP contribution in [0.5, 0.6) is 5.75 Å². The third kappa shape index (κ3) is 3.87. The van der Waals surface area contributed by atoms with Crippen molar-refractivity contribution in [2.24, 2.45) is 5.92 Å². The molecule has 5 nitrogen and oxygen atoms in total. The maximum absolute atomic E-state index is 12.8. The van der Waals surface area contributed by atoms with E-state index in [1.54, 1.807) is 12.1 Å². The minimum atomic E-state index is -0.726. The highest BCUT2D eigenvalue weighted by Crippen LogP contribution is 2.40. The molecule has 27 heavy (non-hydrogen) atoms. The molecule has 0 aromatic heterocycles. The number of aromatic hydroxyl groups is 1. The summed E-state index contributed by atoms with van der Waals surface area (Å²) in [5.74, 6) is -1.17. The van der Waals surface area contributed by atoms with Gasteiger partial charge in [-0.3, -0.25) is 9.59 Å². The molecule has 0 radical (unpaired) electrons. The Bertz CT molecular complexity index is 886. The number of phenolic OH excluding ortho intramolecular Hbond substituents is 1. The summed E-state index contributed by atoms with van der Waals surface area (Å²) in [5, 5.41) is 20.4. The third-order valence-electron chi connectivity index (χ3n) is 4.58. The number of aliphatic hydroxyl groups is 1. The number of Topliss-reactive ketones (excluding diaryl/α,β-unsaturated/α-hetero) is 1. The Morgan fingerprint density at radius 2 is 1.78 bits per heavy atom. The summed E-state index contributed by atoms with van der Waals surface area (Å²) in [5.41, 5.74) is 1.59. The average Bonchev–Trinajstić information content (AvgIpc) is 2.87. The Morgan fingerprint density at radius 1 is 1.07 bits per heavy atom. The van der Waals surface area contributed by atoms with E-state index in [1.807, 2.05) is 44.2 Å². The van der Waals surface area contributed by atoms with Gasteiger partial charge in [0, 0.05) is 13.0 Å². The number of hydrogen-bond acceptors (Lipinski definition) is 4. The van der Waals surface area contributed by atoms with Gasteiger partial charge in [0.1, 0.15) is 5.75 Å². The fourth-order valence-electron chi connectivity index (χ4n) is 3.40. The Hall–Kier alpha value is -3.08. The van der Waals surface area contributed by atoms with Crippen molar-refractivity contribution in [1.82, 2.24) is 4.90 Å². The molecule has 1 atom stereocenters. The Morgan fingerprint density at radius 3 is 2.41 bits per heavy atom. The van der Waals surface area contributed by atoms with Crippen LogP contribution in [0.15, 0.2) is 65.9 Å². The van der Waals surface area contributed by atoms with Crippen LogP contribution >= 0.6 is 0 Å². The van der Waals surface area contributed by atoms with Gasteiger partial charge in [-0.05, 0) is 29.2 Å². The van der Waals surface area contributed by atoms with E-state index in [-0.39, 0.29) is 36.0 Å². The lowest BCUT2D eigenvalue weighted by molar-refractivity contribution is -0.130. The molecule has 0 bridgehead atoms. The van der Waals surface area contributed by atoms with Crippen molar-refractivity contribution in [2.75, 3.05) is 0 Å². The molecule has 140 valence electrons. The van der Waals surface area contributed by atoms with Crippen molar-refractivity contribution in [3.63, 3.8) is 0 Å². The smallest absolute Gasteiger partial charge is 0.290 e. The van der Waals surface area contributed by atoms with E-state index >= 15 is 0 Å². The molecule has 0 saturated heterocycles. The van der Waals surface area contributed by atoms with Crippen molar-refractivity contribution >= 4 is 11.7 Å². The molecule has 2 aromatic rings. The van der Waals surface area contributed by atoms with Crippen molar-refractivity contribution in [1.29, 1.82) is 0 Å². The van der Waals surface area contributed by atoms with Gasteiger partial charge in [0.05, 0.1) is 11.6 Å². The highest BCUT2D eigenvalue weighted by molar-refractivity contribution is 6.09. The summed E-state index contributed by atoms with van der Waals surface area (Å²) in [6, 6.07) is 15.1. The number of aliphatic hydroxyl groups excluding tert-OH is 1. The molecule has 1 aliphatic rings. The first-order valence-electron chi connectivity index (χ1n) is 8.98. The molecule has 0 fully saturated rings. The van der Waals surface area contributed by atoms with Gasteiger partial charge in [0.15, 0.2) is 11.5 Å². The second kappa shape index (κ2) is 7.66. The lowest BCUT2D eigenvalue weighted by atomic mass is 9.92. The van der Waals surface area contributed by atoms with Crippen LogP contribution in [0.2, 0.25) is 0 Å². The lowest BCUT2D eigenvalue weighted by Gasteiger charge is -2.27. The van der Waals surface area contributed by atoms with Gasteiger partial charge in [0.25, 0.3) is 5.91 Å². The fraction of sp³-hybridized carbons (Fsp3) is 0.273. The molecule has 1 amide bonds. The maximum Gasteiger partial charge on any atom is 0.290 e. The summed E-state index contributed by atoms with van der Waals surface area (Å²) >= 11 is 0. The predicted molar refractivity (Wildman–Crippen MR) is 102 cm³/mol. The predicted octanol–water partition coefficient (Wildman–Crippen LogP) is 3.90. The van der Waals surface area contributed by atoms with E-state index in [9.17, 15) is 19.8 Å². The first kappa shape index (κ1) is 18.7. The molecular formula is C22H23NO4. The zero-order valence-corrected chi connectivity index (χ0v) is 15.4. The summed E-state index contributed by atoms with van der Waals surface area (Å²) in [4.78, 5) is 27.1. The molecule has 5 heteroatoms. The Kier molecular flexibility index (Phi) is 5.31. The first-order valence-corrected chi connectivity index (χ1v) is 8.98. The molecular weight excluding hydrogens is 342 g/mol. The first-order chi connectivity index (χ1) is 12.9. The van der Waals surface area contributed by atoms with E-state index in [0.29, 0.717) is 5.56 Å². The van der Waals surface area contributed by atoms with E-state index in [0.717, 1.165) is 5.56 Å². The van der Waals surface area contributed by atoms with Crippen molar-refractivity contribution < 1.29 is 19.8 Å². The van der Waals surface area contributed by atoms with E-state index < -0.39 is 17.7 Å². The number of phenols is 1. The van der Waals surface area contributed by atoms with Crippen LogP contribution < -0.4 is 0 Å². The lowest BCUT2D eigenvalue weighted by Crippen LogP contribution is -2.30. The Balaban J connectivity index is 2.05. The fourth-order valence-corrected chi connectivity index (χ4v) is 3.40. The molecule has 0 aliphatic carbocycles. The van der Waals surface area contributed by atoms with E-state index in [4.69, 9.17) is 0 Å². The number of carbonyl (C=O) groups is 2. The topological polar surface area (TPSA) is 77.8 Å². The minimum absolute atomic E-state index is 0.0432. The van der Waals surface area contributed by atoms with Crippen LogP contribution in [0.3, 0.4) is 0 Å². The highest BCUT2D eigenvalue weighted by Gasteiger charge is 2.43. The SMILES string of the molecule is CC(C)CC(=O)C1=C(O)C(=O)N(Cc2ccccc2)C1c1cccc(O)c1. The largest absolute Gasteiger partial charge is 0.508 e. The zero-order valence-electron chi connectivity index (χ0n) is 15.4. The minimum Gasteiger partial charge on any atom is -0.508 e. The second-order valence-corrected chi connectivity index (χ2v) is 7.20. The normalized spacial score (nSPS) is 17.1. The van der Waals surface area contributed by atoms with Gasteiger partial charge in [-0.15, -0.1) is 0 Å². The number of carbonyl (C=O) groups excluding carboxylic acids is 2. The van der Waals surface area contributed by atoms with Gasteiger partial charge in [-0.25, -0.2) is 0 Å². The van der Waals surface area contributed by atoms with Gasteiger partial charge in [-0.2, -0.15) is 0 Å². The average molecular weight is 365 g/mol. The Labute approximate surface area is 158 Å². The third-order valence-corrected chi connectivity index (χ3v) is 4.58. The van der Waals surface area contributed by atoms with Gasteiger partial charge < -0.3 is 15.1 Å². The molecule has 0 spiro atoms. The van der Waals surface area contributed by atoms with Gasteiger partial charge in [0.2, 0.25) is 0 Å². The van der Waals surface area contributed by atoms with Crippen LogP contribution in [0.25, 0.3) is 0 Å². The number of benzene rings is 2. The molecule has 2 N–H and O–H groups in total. The number of rotatable bonds is 6. The molecule has 0 saturated carbocycles. The number of hydrogen-bond donors (Lipinski definition) is 2.